The molecule has 0 unspecified atom stereocenters. The Bertz CT molecular complexity index is 571. The third-order valence-corrected chi connectivity index (χ3v) is 4.11. The average Bonchev–Trinajstić information content (AvgIpc) is 3.08. The molecule has 0 spiro atoms. The van der Waals surface area contributed by atoms with E-state index < -0.39 is 0 Å². The van der Waals surface area contributed by atoms with Gasteiger partial charge in [0.05, 0.1) is 5.69 Å². The third kappa shape index (κ3) is 3.35. The average molecular weight is 281 g/mol. The van der Waals surface area contributed by atoms with Crippen molar-refractivity contribution in [3.8, 4) is 0 Å². The van der Waals surface area contributed by atoms with Crippen LogP contribution in [0.25, 0.3) is 0 Å². The Morgan fingerprint density at radius 3 is 2.48 bits per heavy atom. The van der Waals surface area contributed by atoms with Gasteiger partial charge in [-0.2, -0.15) is 0 Å². The maximum absolute atomic E-state index is 4.56. The monoisotopic (exact) mass is 281 g/mol. The lowest BCUT2D eigenvalue weighted by atomic mass is 10.1. The zero-order chi connectivity index (χ0) is 14.5. The van der Waals surface area contributed by atoms with Crippen LogP contribution in [0.15, 0.2) is 42.6 Å². The van der Waals surface area contributed by atoms with Gasteiger partial charge in [0.15, 0.2) is 5.82 Å². The lowest BCUT2D eigenvalue weighted by Gasteiger charge is -2.20. The fourth-order valence-electron chi connectivity index (χ4n) is 2.81. The summed E-state index contributed by atoms with van der Waals surface area (Å²) in [7, 11) is 0. The van der Waals surface area contributed by atoms with Crippen LogP contribution >= 0.6 is 0 Å². The second kappa shape index (κ2) is 6.61. The molecule has 0 amide bonds. The number of hydrogen-bond acceptors (Lipinski definition) is 3. The first kappa shape index (κ1) is 13.9. The first-order valence-electron chi connectivity index (χ1n) is 7.88. The van der Waals surface area contributed by atoms with Crippen LogP contribution in [0.4, 0.5) is 11.5 Å². The van der Waals surface area contributed by atoms with E-state index in [2.05, 4.69) is 52.5 Å². The molecule has 2 aromatic rings. The zero-order valence-corrected chi connectivity index (χ0v) is 12.7. The van der Waals surface area contributed by atoms with Crippen molar-refractivity contribution >= 4 is 11.5 Å². The van der Waals surface area contributed by atoms with Gasteiger partial charge in [0.25, 0.3) is 0 Å². The van der Waals surface area contributed by atoms with E-state index in [0.717, 1.165) is 37.6 Å². The number of anilines is 2. The minimum absolute atomic E-state index is 0.844. The van der Waals surface area contributed by atoms with Crippen LogP contribution in [0, 0.1) is 0 Å². The highest BCUT2D eigenvalue weighted by Gasteiger charge is 2.16. The molecule has 0 radical (unpaired) electrons. The van der Waals surface area contributed by atoms with Crippen LogP contribution in [0.3, 0.4) is 0 Å². The van der Waals surface area contributed by atoms with Gasteiger partial charge in [-0.1, -0.05) is 31.2 Å². The van der Waals surface area contributed by atoms with Gasteiger partial charge in [0.2, 0.25) is 0 Å². The third-order valence-electron chi connectivity index (χ3n) is 4.11. The molecule has 3 rings (SSSR count). The molecular weight excluding hydrogens is 258 g/mol. The summed E-state index contributed by atoms with van der Waals surface area (Å²) in [6, 6.07) is 13.0. The second-order valence-corrected chi connectivity index (χ2v) is 5.59. The zero-order valence-electron chi connectivity index (χ0n) is 12.7. The van der Waals surface area contributed by atoms with Gasteiger partial charge >= 0.3 is 0 Å². The molecule has 0 aliphatic carbocycles. The molecule has 1 aliphatic rings. The summed E-state index contributed by atoms with van der Waals surface area (Å²) in [6.07, 6.45) is 5.52. The Morgan fingerprint density at radius 1 is 1.05 bits per heavy atom. The topological polar surface area (TPSA) is 28.2 Å². The number of aryl methyl sites for hydroxylation is 1. The predicted octanol–water partition coefficient (Wildman–Crippen LogP) is 3.86. The first-order valence-corrected chi connectivity index (χ1v) is 7.88. The van der Waals surface area contributed by atoms with Crippen molar-refractivity contribution in [1.29, 1.82) is 0 Å². The lowest BCUT2D eigenvalue weighted by molar-refractivity contribution is 0.934. The molecule has 21 heavy (non-hydrogen) atoms. The molecule has 1 aromatic carbocycles. The Kier molecular flexibility index (Phi) is 4.39. The van der Waals surface area contributed by atoms with E-state index in [1.807, 2.05) is 12.3 Å². The Morgan fingerprint density at radius 2 is 1.76 bits per heavy atom. The van der Waals surface area contributed by atoms with E-state index in [-0.39, 0.29) is 0 Å². The Hall–Kier alpha value is -2.03. The summed E-state index contributed by atoms with van der Waals surface area (Å²) in [6.45, 7) is 5.27. The maximum Gasteiger partial charge on any atom is 0.151 e. The quantitative estimate of drug-likeness (QED) is 0.902. The molecule has 110 valence electrons. The van der Waals surface area contributed by atoms with E-state index in [1.165, 1.54) is 24.0 Å². The minimum atomic E-state index is 0.844. The van der Waals surface area contributed by atoms with E-state index >= 15 is 0 Å². The van der Waals surface area contributed by atoms with E-state index in [1.54, 1.807) is 0 Å². The lowest BCUT2D eigenvalue weighted by Crippen LogP contribution is -2.20. The van der Waals surface area contributed by atoms with Crippen molar-refractivity contribution in [2.24, 2.45) is 0 Å². The molecule has 1 fully saturated rings. The Balaban J connectivity index is 1.69. The van der Waals surface area contributed by atoms with Crippen LogP contribution < -0.4 is 10.2 Å². The molecule has 1 aromatic heterocycles. The normalized spacial score (nSPS) is 14.4. The van der Waals surface area contributed by atoms with Crippen LogP contribution in [-0.2, 0) is 13.0 Å². The summed E-state index contributed by atoms with van der Waals surface area (Å²) in [4.78, 5) is 6.94. The van der Waals surface area contributed by atoms with Crippen LogP contribution in [-0.4, -0.2) is 18.1 Å². The number of pyridine rings is 1. The van der Waals surface area contributed by atoms with Gasteiger partial charge in [0, 0.05) is 25.8 Å². The molecule has 1 N–H and O–H groups in total. The number of nitrogens with one attached hydrogen (secondary N) is 1. The predicted molar refractivity (Wildman–Crippen MR) is 88.8 cm³/mol. The molecule has 3 heteroatoms. The van der Waals surface area contributed by atoms with Crippen molar-refractivity contribution in [2.75, 3.05) is 23.3 Å². The molecule has 1 saturated heterocycles. The molecule has 0 bridgehead atoms. The van der Waals surface area contributed by atoms with Crippen LogP contribution in [0.5, 0.6) is 0 Å². The molecule has 0 atom stereocenters. The fraction of sp³-hybridized carbons (Fsp3) is 0.389. The molecular formula is C18H23N3. The summed E-state index contributed by atoms with van der Waals surface area (Å²) in [5.74, 6) is 1.10. The van der Waals surface area contributed by atoms with Crippen molar-refractivity contribution in [2.45, 2.75) is 32.7 Å². The second-order valence-electron chi connectivity index (χ2n) is 5.59. The highest BCUT2D eigenvalue weighted by Crippen LogP contribution is 2.26. The minimum Gasteiger partial charge on any atom is -0.378 e. The summed E-state index contributed by atoms with van der Waals surface area (Å²) in [5.41, 5.74) is 3.83. The Labute approximate surface area is 127 Å². The van der Waals surface area contributed by atoms with Gasteiger partial charge in [-0.3, -0.25) is 0 Å². The number of aromatic nitrogens is 1. The van der Waals surface area contributed by atoms with Gasteiger partial charge in [0.1, 0.15) is 0 Å². The van der Waals surface area contributed by atoms with Crippen molar-refractivity contribution in [3.63, 3.8) is 0 Å². The van der Waals surface area contributed by atoms with E-state index in [0.29, 0.717) is 0 Å². The van der Waals surface area contributed by atoms with Gasteiger partial charge in [-0.25, -0.2) is 4.98 Å². The summed E-state index contributed by atoms with van der Waals surface area (Å²) < 4.78 is 0. The van der Waals surface area contributed by atoms with Crippen LogP contribution in [0.2, 0.25) is 0 Å². The molecule has 2 heterocycles. The van der Waals surface area contributed by atoms with Crippen molar-refractivity contribution in [3.05, 3.63) is 53.7 Å². The highest BCUT2D eigenvalue weighted by atomic mass is 15.2. The van der Waals surface area contributed by atoms with E-state index in [9.17, 15) is 0 Å². The van der Waals surface area contributed by atoms with Gasteiger partial charge in [-0.15, -0.1) is 0 Å². The number of rotatable bonds is 5. The first-order chi connectivity index (χ1) is 10.4. The highest BCUT2D eigenvalue weighted by molar-refractivity contribution is 5.65. The smallest absolute Gasteiger partial charge is 0.151 e. The fourth-order valence-corrected chi connectivity index (χ4v) is 2.81. The largest absolute Gasteiger partial charge is 0.378 e. The van der Waals surface area contributed by atoms with Crippen molar-refractivity contribution in [1.82, 2.24) is 4.98 Å². The molecule has 1 aliphatic heterocycles. The SMILES string of the molecule is CCc1ccc(CNc2cccnc2N2CCCC2)cc1. The van der Waals surface area contributed by atoms with E-state index in [4.69, 9.17) is 0 Å². The van der Waals surface area contributed by atoms with Gasteiger partial charge in [-0.05, 0) is 42.5 Å². The molecule has 3 nitrogen and oxygen atoms in total. The maximum atomic E-state index is 4.56. The van der Waals surface area contributed by atoms with Gasteiger partial charge < -0.3 is 10.2 Å². The number of benzene rings is 1. The van der Waals surface area contributed by atoms with Crippen LogP contribution in [0.1, 0.15) is 30.9 Å². The van der Waals surface area contributed by atoms with Crippen molar-refractivity contribution < 1.29 is 0 Å². The summed E-state index contributed by atoms with van der Waals surface area (Å²) in [5, 5.41) is 3.54. The molecule has 0 saturated carbocycles. The number of nitrogens with zero attached hydrogens (tertiary/aromatic N) is 2. The number of hydrogen-bond donors (Lipinski definition) is 1. The summed E-state index contributed by atoms with van der Waals surface area (Å²) >= 11 is 0. The standard InChI is InChI=1S/C18H23N3/c1-2-15-7-9-16(10-8-15)14-20-17-6-5-11-19-18(17)21-12-3-4-13-21/h5-11,20H,2-4,12-14H2,1H3.